The molecular weight excluding hydrogens is 567 g/mol. The third-order valence-corrected chi connectivity index (χ3v) is 6.49. The lowest BCUT2D eigenvalue weighted by Crippen LogP contribution is -2.34. The Morgan fingerprint density at radius 2 is 1.59 bits per heavy atom. The van der Waals surface area contributed by atoms with E-state index in [0.717, 1.165) is 18.2 Å². The fourth-order valence-corrected chi connectivity index (χ4v) is 4.11. The van der Waals surface area contributed by atoms with E-state index in [1.807, 2.05) is 0 Å². The van der Waals surface area contributed by atoms with E-state index in [1.165, 1.54) is 31.2 Å². The van der Waals surface area contributed by atoms with Crippen LogP contribution < -0.4 is 5.32 Å². The molecule has 0 radical (unpaired) electrons. The number of ketones is 1. The maximum atomic E-state index is 13.7. The first kappa shape index (κ1) is 31.0. The van der Waals surface area contributed by atoms with Crippen molar-refractivity contribution >= 4 is 52.6 Å². The van der Waals surface area contributed by atoms with Crippen molar-refractivity contribution in [3.05, 3.63) is 73.7 Å². The second-order valence-electron chi connectivity index (χ2n) is 8.48. The van der Waals surface area contributed by atoms with Crippen molar-refractivity contribution in [3.8, 4) is 0 Å². The lowest BCUT2D eigenvalue weighted by Gasteiger charge is -2.18. The summed E-state index contributed by atoms with van der Waals surface area (Å²) in [5, 5.41) is 2.26. The van der Waals surface area contributed by atoms with Crippen molar-refractivity contribution in [3.63, 3.8) is 0 Å². The number of carbonyl (C=O) groups is 2. The zero-order valence-electron chi connectivity index (χ0n) is 19.5. The van der Waals surface area contributed by atoms with Crippen LogP contribution in [0.25, 0.3) is 6.08 Å². The monoisotopic (exact) mass is 587 g/mol. The molecule has 0 aliphatic carbocycles. The van der Waals surface area contributed by atoms with Crippen LogP contribution in [0, 0.1) is 6.92 Å². The minimum absolute atomic E-state index is 0.0542. The van der Waals surface area contributed by atoms with Crippen molar-refractivity contribution < 1.29 is 35.9 Å². The van der Waals surface area contributed by atoms with Crippen LogP contribution in [-0.4, -0.2) is 30.1 Å². The summed E-state index contributed by atoms with van der Waals surface area (Å²) >= 11 is 17.6. The number of hydrogen-bond acceptors (Lipinski definition) is 2. The summed E-state index contributed by atoms with van der Waals surface area (Å²) in [6.45, 7) is 3.06. The van der Waals surface area contributed by atoms with E-state index >= 15 is 0 Å². The molecule has 0 bridgehead atoms. The predicted octanol–water partition coefficient (Wildman–Crippen LogP) is 8.73. The molecule has 0 aromatic heterocycles. The number of allylic oxidation sites excluding steroid dienone is 1. The first-order chi connectivity index (χ1) is 17.0. The van der Waals surface area contributed by atoms with Gasteiger partial charge < -0.3 is 5.32 Å². The highest BCUT2D eigenvalue weighted by molar-refractivity contribution is 6.48. The quantitative estimate of drug-likeness (QED) is 0.235. The number of halogens is 9. The topological polar surface area (TPSA) is 46.2 Å². The van der Waals surface area contributed by atoms with Gasteiger partial charge in [0.25, 0.3) is 5.91 Å². The van der Waals surface area contributed by atoms with Gasteiger partial charge in [0, 0.05) is 24.4 Å². The molecule has 2 atom stereocenters. The van der Waals surface area contributed by atoms with Crippen molar-refractivity contribution in [2.45, 2.75) is 57.4 Å². The number of hydrogen-bond donors (Lipinski definition) is 1. The van der Waals surface area contributed by atoms with Crippen LogP contribution in [0.5, 0.6) is 0 Å². The van der Waals surface area contributed by atoms with E-state index in [0.29, 0.717) is 11.1 Å². The van der Waals surface area contributed by atoms with Gasteiger partial charge in [-0.25, -0.2) is 0 Å². The molecule has 12 heteroatoms. The Morgan fingerprint density at radius 1 is 1.00 bits per heavy atom. The second kappa shape index (κ2) is 12.5. The molecule has 0 spiro atoms. The summed E-state index contributed by atoms with van der Waals surface area (Å²) in [5.74, 6) is -3.23. The molecule has 1 unspecified atom stereocenters. The lowest BCUT2D eigenvalue weighted by molar-refractivity contribution is -0.143. The van der Waals surface area contributed by atoms with Crippen LogP contribution in [0.3, 0.4) is 0 Å². The SMILES string of the molecule is Cc1cc(/C=C/C(c2cc(Cl)c(Cl)c(Cl)c2)C(F)(F)F)ccc1C(=O)N[C@H](C)CC(=O)CCC(F)(F)F. The van der Waals surface area contributed by atoms with Crippen molar-refractivity contribution in [1.82, 2.24) is 5.32 Å². The first-order valence-corrected chi connectivity index (χ1v) is 12.0. The number of benzene rings is 2. The Kier molecular flexibility index (Phi) is 10.5. The Labute approximate surface area is 224 Å². The number of rotatable bonds is 9. The van der Waals surface area contributed by atoms with E-state index in [-0.39, 0.29) is 32.6 Å². The van der Waals surface area contributed by atoms with Gasteiger partial charge in [0.15, 0.2) is 0 Å². The predicted molar refractivity (Wildman–Crippen MR) is 132 cm³/mol. The Hall–Kier alpha value is -2.23. The summed E-state index contributed by atoms with van der Waals surface area (Å²) in [7, 11) is 0. The molecule has 2 aromatic carbocycles. The molecule has 2 aromatic rings. The van der Waals surface area contributed by atoms with Crippen molar-refractivity contribution in [2.24, 2.45) is 0 Å². The second-order valence-corrected chi connectivity index (χ2v) is 9.68. The lowest BCUT2D eigenvalue weighted by atomic mass is 9.96. The third-order valence-electron chi connectivity index (χ3n) is 5.29. The summed E-state index contributed by atoms with van der Waals surface area (Å²) in [4.78, 5) is 24.3. The summed E-state index contributed by atoms with van der Waals surface area (Å²) < 4.78 is 78.0. The van der Waals surface area contributed by atoms with E-state index in [4.69, 9.17) is 34.8 Å². The number of nitrogens with one attached hydrogen (secondary N) is 1. The molecule has 202 valence electrons. The van der Waals surface area contributed by atoms with Crippen LogP contribution in [0.4, 0.5) is 26.3 Å². The van der Waals surface area contributed by atoms with E-state index in [2.05, 4.69) is 5.32 Å². The highest BCUT2D eigenvalue weighted by Gasteiger charge is 2.39. The number of carbonyl (C=O) groups excluding carboxylic acids is 2. The Morgan fingerprint density at radius 3 is 2.11 bits per heavy atom. The summed E-state index contributed by atoms with van der Waals surface area (Å²) in [6.07, 6.45) is -9.08. The molecule has 3 nitrogen and oxygen atoms in total. The molecule has 0 aliphatic rings. The van der Waals surface area contributed by atoms with Crippen molar-refractivity contribution in [2.75, 3.05) is 0 Å². The molecule has 0 saturated carbocycles. The smallest absolute Gasteiger partial charge is 0.349 e. The van der Waals surface area contributed by atoms with Gasteiger partial charge in [0.05, 0.1) is 27.4 Å². The standard InChI is InChI=1S/C25H22Cl3F6NO2/c1-13-9-15(4-6-19(25(32,33)34)16-11-20(26)22(28)21(27)12-16)3-5-18(13)23(37)35-14(2)10-17(36)7-8-24(29,30)31/h3-6,9,11-12,14,19H,7-8,10H2,1-2H3,(H,35,37)/b6-4+/t14-,19?/m1/s1. The van der Waals surface area contributed by atoms with Crippen LogP contribution in [0.2, 0.25) is 15.1 Å². The molecule has 0 saturated heterocycles. The highest BCUT2D eigenvalue weighted by Crippen LogP contribution is 2.41. The first-order valence-electron chi connectivity index (χ1n) is 10.9. The summed E-state index contributed by atoms with van der Waals surface area (Å²) in [5.41, 5.74) is 0.825. The van der Waals surface area contributed by atoms with Gasteiger partial charge in [0.1, 0.15) is 5.78 Å². The summed E-state index contributed by atoms with van der Waals surface area (Å²) in [6, 6.07) is 5.81. The zero-order valence-corrected chi connectivity index (χ0v) is 21.8. The molecule has 0 aliphatic heterocycles. The van der Waals surface area contributed by atoms with E-state index < -0.39 is 48.8 Å². The van der Waals surface area contributed by atoms with E-state index in [9.17, 15) is 35.9 Å². The number of Topliss-reactive ketones (excluding diaryl/α,β-unsaturated/α-hetero) is 1. The number of alkyl halides is 6. The molecule has 1 N–H and O–H groups in total. The normalized spacial score (nSPS) is 14.0. The molecule has 2 rings (SSSR count). The minimum atomic E-state index is -4.65. The fraction of sp³-hybridized carbons (Fsp3) is 0.360. The van der Waals surface area contributed by atoms with Crippen LogP contribution in [0.1, 0.15) is 59.2 Å². The van der Waals surface area contributed by atoms with Crippen LogP contribution in [0.15, 0.2) is 36.4 Å². The van der Waals surface area contributed by atoms with Crippen LogP contribution >= 0.6 is 34.8 Å². The van der Waals surface area contributed by atoms with Crippen molar-refractivity contribution in [1.29, 1.82) is 0 Å². The average Bonchev–Trinajstić information content (AvgIpc) is 2.74. The molecule has 1 amide bonds. The molecule has 37 heavy (non-hydrogen) atoms. The number of amides is 1. The fourth-order valence-electron chi connectivity index (χ4n) is 3.49. The third kappa shape index (κ3) is 9.54. The minimum Gasteiger partial charge on any atom is -0.349 e. The molecule has 0 heterocycles. The Bertz CT molecular complexity index is 1150. The molecule has 0 fully saturated rings. The van der Waals surface area contributed by atoms with Gasteiger partial charge in [0.2, 0.25) is 0 Å². The number of aryl methyl sites for hydroxylation is 1. The zero-order chi connectivity index (χ0) is 28.1. The van der Waals surface area contributed by atoms with Crippen LogP contribution in [-0.2, 0) is 4.79 Å². The van der Waals surface area contributed by atoms with Gasteiger partial charge in [-0.1, -0.05) is 59.1 Å². The van der Waals surface area contributed by atoms with Gasteiger partial charge in [-0.05, 0) is 48.7 Å². The average molecular weight is 589 g/mol. The maximum absolute atomic E-state index is 13.7. The molecular formula is C25H22Cl3F6NO2. The largest absolute Gasteiger partial charge is 0.399 e. The van der Waals surface area contributed by atoms with Gasteiger partial charge in [-0.15, -0.1) is 0 Å². The maximum Gasteiger partial charge on any atom is 0.399 e. The highest BCUT2D eigenvalue weighted by atomic mass is 35.5. The Balaban J connectivity index is 2.13. The van der Waals surface area contributed by atoms with Gasteiger partial charge in [-0.2, -0.15) is 26.3 Å². The van der Waals surface area contributed by atoms with E-state index in [1.54, 1.807) is 6.92 Å². The van der Waals surface area contributed by atoms with Gasteiger partial charge >= 0.3 is 12.4 Å². The van der Waals surface area contributed by atoms with Gasteiger partial charge in [-0.3, -0.25) is 9.59 Å².